The predicted octanol–water partition coefficient (Wildman–Crippen LogP) is 0.874. The van der Waals surface area contributed by atoms with Crippen LogP contribution in [0.15, 0.2) is 30.3 Å². The fourth-order valence-electron chi connectivity index (χ4n) is 2.88. The molecule has 0 aromatic heterocycles. The average Bonchev–Trinajstić information content (AvgIpc) is 3.14. The number of hydrogen-bond acceptors (Lipinski definition) is 5. The van der Waals surface area contributed by atoms with Crippen molar-refractivity contribution >= 4 is 6.09 Å². The van der Waals surface area contributed by atoms with Gasteiger partial charge in [0.05, 0.1) is 6.61 Å². The molecule has 21 heavy (non-hydrogen) atoms. The summed E-state index contributed by atoms with van der Waals surface area (Å²) in [6.07, 6.45) is -1.27. The van der Waals surface area contributed by atoms with E-state index in [-0.39, 0.29) is 18.3 Å². The molecule has 0 radical (unpaired) electrons. The highest BCUT2D eigenvalue weighted by Crippen LogP contribution is 2.37. The van der Waals surface area contributed by atoms with Crippen molar-refractivity contribution in [3.05, 3.63) is 35.9 Å². The van der Waals surface area contributed by atoms with Crippen LogP contribution < -0.4 is 5.73 Å². The van der Waals surface area contributed by atoms with Crippen molar-refractivity contribution in [2.75, 3.05) is 13.7 Å². The molecule has 2 N–H and O–H groups in total. The molecule has 2 aliphatic heterocycles. The van der Waals surface area contributed by atoms with E-state index in [2.05, 4.69) is 0 Å². The van der Waals surface area contributed by atoms with Crippen LogP contribution in [0.2, 0.25) is 0 Å². The minimum Gasteiger partial charge on any atom is -0.443 e. The fourth-order valence-corrected chi connectivity index (χ4v) is 2.88. The smallest absolute Gasteiger partial charge is 0.404 e. The average molecular weight is 293 g/mol. The van der Waals surface area contributed by atoms with E-state index in [0.29, 0.717) is 13.0 Å². The zero-order chi connectivity index (χ0) is 14.8. The number of hydrogen-bond donors (Lipinski definition) is 1. The molecule has 1 amide bonds. The first-order valence-corrected chi connectivity index (χ1v) is 6.99. The largest absolute Gasteiger partial charge is 0.443 e. The standard InChI is InChI=1S/C15H19NO5/c1-18-12(14-13-11(20-13)8-19-14)10(21-15(16)17)7-9-5-3-2-4-6-9/h2-6,10-14H,7-8H2,1H3,(H2,16,17)/t10-,11+,12?,13+,14-/m1/s1. The zero-order valence-electron chi connectivity index (χ0n) is 11.8. The molecule has 1 aromatic rings. The summed E-state index contributed by atoms with van der Waals surface area (Å²) in [7, 11) is 1.58. The van der Waals surface area contributed by atoms with E-state index in [1.807, 2.05) is 30.3 Å². The highest BCUT2D eigenvalue weighted by molar-refractivity contribution is 5.64. The molecule has 3 rings (SSSR count). The predicted molar refractivity (Wildman–Crippen MR) is 73.8 cm³/mol. The molecule has 2 aliphatic rings. The molecule has 0 spiro atoms. The lowest BCUT2D eigenvalue weighted by molar-refractivity contribution is -0.112. The van der Waals surface area contributed by atoms with Gasteiger partial charge in [-0.3, -0.25) is 0 Å². The van der Waals surface area contributed by atoms with E-state index in [4.69, 9.17) is 24.7 Å². The highest BCUT2D eigenvalue weighted by atomic mass is 16.7. The summed E-state index contributed by atoms with van der Waals surface area (Å²) < 4.78 is 22.0. The quantitative estimate of drug-likeness (QED) is 0.787. The Morgan fingerprint density at radius 3 is 2.71 bits per heavy atom. The minimum absolute atomic E-state index is 0.0321. The third-order valence-electron chi connectivity index (χ3n) is 3.91. The van der Waals surface area contributed by atoms with E-state index >= 15 is 0 Å². The van der Waals surface area contributed by atoms with Crippen LogP contribution in [0.3, 0.4) is 0 Å². The molecule has 6 nitrogen and oxygen atoms in total. The summed E-state index contributed by atoms with van der Waals surface area (Å²) in [5.41, 5.74) is 6.23. The number of amides is 1. The Kier molecular flexibility index (Phi) is 4.10. The Labute approximate surface area is 123 Å². The second-order valence-electron chi connectivity index (χ2n) is 5.30. The molecule has 0 saturated carbocycles. The summed E-state index contributed by atoms with van der Waals surface area (Å²) in [4.78, 5) is 11.2. The summed E-state index contributed by atoms with van der Waals surface area (Å²) in [6, 6.07) is 9.74. The van der Waals surface area contributed by atoms with Gasteiger partial charge in [0.1, 0.15) is 30.5 Å². The number of benzene rings is 1. The van der Waals surface area contributed by atoms with E-state index < -0.39 is 18.3 Å². The van der Waals surface area contributed by atoms with Gasteiger partial charge in [-0.2, -0.15) is 0 Å². The van der Waals surface area contributed by atoms with Crippen LogP contribution in [-0.4, -0.2) is 50.3 Å². The zero-order valence-corrected chi connectivity index (χ0v) is 11.8. The monoisotopic (exact) mass is 293 g/mol. The third-order valence-corrected chi connectivity index (χ3v) is 3.91. The topological polar surface area (TPSA) is 83.3 Å². The Morgan fingerprint density at radius 2 is 2.19 bits per heavy atom. The number of rotatable bonds is 6. The van der Waals surface area contributed by atoms with Crippen molar-refractivity contribution in [2.45, 2.75) is 36.9 Å². The number of fused-ring (bicyclic) bond motifs is 1. The molecule has 2 heterocycles. The maximum absolute atomic E-state index is 11.2. The molecule has 5 atom stereocenters. The molecular formula is C15H19NO5. The van der Waals surface area contributed by atoms with Gasteiger partial charge in [-0.1, -0.05) is 30.3 Å². The molecule has 0 aliphatic carbocycles. The van der Waals surface area contributed by atoms with Crippen LogP contribution in [0.1, 0.15) is 5.56 Å². The molecular weight excluding hydrogens is 274 g/mol. The minimum atomic E-state index is -0.816. The van der Waals surface area contributed by atoms with Gasteiger partial charge in [0, 0.05) is 13.5 Å². The van der Waals surface area contributed by atoms with E-state index in [9.17, 15) is 4.79 Å². The van der Waals surface area contributed by atoms with Crippen molar-refractivity contribution in [1.82, 2.24) is 0 Å². The van der Waals surface area contributed by atoms with E-state index in [0.717, 1.165) is 5.56 Å². The number of methoxy groups -OCH3 is 1. The fraction of sp³-hybridized carbons (Fsp3) is 0.533. The van der Waals surface area contributed by atoms with Gasteiger partial charge in [-0.25, -0.2) is 4.79 Å². The lowest BCUT2D eigenvalue weighted by atomic mass is 9.98. The van der Waals surface area contributed by atoms with Crippen molar-refractivity contribution in [1.29, 1.82) is 0 Å². The summed E-state index contributed by atoms with van der Waals surface area (Å²) in [5, 5.41) is 0. The maximum atomic E-state index is 11.2. The molecule has 1 aromatic carbocycles. The van der Waals surface area contributed by atoms with Gasteiger partial charge in [0.25, 0.3) is 0 Å². The SMILES string of the molecule is COC([C@H]1OC[C@@H]2O[C@@H]21)[C@@H](Cc1ccccc1)OC(N)=O. The molecule has 1 unspecified atom stereocenters. The second-order valence-corrected chi connectivity index (χ2v) is 5.30. The third kappa shape index (κ3) is 3.18. The van der Waals surface area contributed by atoms with Crippen LogP contribution in [-0.2, 0) is 25.4 Å². The number of ether oxygens (including phenoxy) is 4. The van der Waals surface area contributed by atoms with Gasteiger partial charge in [-0.15, -0.1) is 0 Å². The first-order valence-electron chi connectivity index (χ1n) is 6.99. The van der Waals surface area contributed by atoms with Crippen LogP contribution in [0.4, 0.5) is 4.79 Å². The van der Waals surface area contributed by atoms with Gasteiger partial charge < -0.3 is 24.7 Å². The highest BCUT2D eigenvalue weighted by Gasteiger charge is 2.56. The molecule has 0 bridgehead atoms. The van der Waals surface area contributed by atoms with Crippen LogP contribution in [0.5, 0.6) is 0 Å². The summed E-state index contributed by atoms with van der Waals surface area (Å²) in [6.45, 7) is 0.559. The van der Waals surface area contributed by atoms with Gasteiger partial charge in [0.2, 0.25) is 0 Å². The van der Waals surface area contributed by atoms with E-state index in [1.54, 1.807) is 7.11 Å². The van der Waals surface area contributed by atoms with Crippen LogP contribution in [0.25, 0.3) is 0 Å². The second kappa shape index (κ2) is 6.01. The molecule has 2 fully saturated rings. The molecule has 2 saturated heterocycles. The Hall–Kier alpha value is -1.63. The maximum Gasteiger partial charge on any atom is 0.404 e. The van der Waals surface area contributed by atoms with Crippen LogP contribution in [0, 0.1) is 0 Å². The van der Waals surface area contributed by atoms with Crippen molar-refractivity contribution in [2.24, 2.45) is 5.73 Å². The van der Waals surface area contributed by atoms with Gasteiger partial charge in [-0.05, 0) is 5.56 Å². The summed E-state index contributed by atoms with van der Waals surface area (Å²) in [5.74, 6) is 0. The molecule has 114 valence electrons. The number of carbonyl (C=O) groups is 1. The lowest BCUT2D eigenvalue weighted by Crippen LogP contribution is -2.46. The van der Waals surface area contributed by atoms with Crippen molar-refractivity contribution in [3.63, 3.8) is 0 Å². The first kappa shape index (κ1) is 14.3. The van der Waals surface area contributed by atoms with E-state index in [1.165, 1.54) is 0 Å². The summed E-state index contributed by atoms with van der Waals surface area (Å²) >= 11 is 0. The lowest BCUT2D eigenvalue weighted by Gasteiger charge is -2.29. The number of primary amides is 1. The number of carbonyl (C=O) groups excluding carboxylic acids is 1. The first-order chi connectivity index (χ1) is 10.2. The van der Waals surface area contributed by atoms with Crippen LogP contribution >= 0.6 is 0 Å². The Bertz CT molecular complexity index is 494. The number of epoxide rings is 1. The van der Waals surface area contributed by atoms with Gasteiger partial charge >= 0.3 is 6.09 Å². The van der Waals surface area contributed by atoms with Crippen molar-refractivity contribution < 1.29 is 23.7 Å². The number of nitrogens with two attached hydrogens (primary N) is 1. The normalized spacial score (nSPS) is 29.5. The Balaban J connectivity index is 1.74. The van der Waals surface area contributed by atoms with Crippen molar-refractivity contribution in [3.8, 4) is 0 Å². The Morgan fingerprint density at radius 1 is 1.43 bits per heavy atom. The van der Waals surface area contributed by atoms with Gasteiger partial charge in [0.15, 0.2) is 0 Å². The molecule has 6 heteroatoms.